The van der Waals surface area contributed by atoms with Crippen LogP contribution in [0, 0.1) is 6.92 Å². The van der Waals surface area contributed by atoms with E-state index in [-0.39, 0.29) is 48.0 Å². The zero-order valence-electron chi connectivity index (χ0n) is 16.0. The smallest absolute Gasteiger partial charge is 0.340 e. The lowest BCUT2D eigenvalue weighted by atomic mass is 10.0. The second-order valence-electron chi connectivity index (χ2n) is 5.99. The number of aromatic hydroxyl groups is 1. The summed E-state index contributed by atoms with van der Waals surface area (Å²) in [4.78, 5) is 35.9. The first-order chi connectivity index (χ1) is 13.4. The summed E-state index contributed by atoms with van der Waals surface area (Å²) in [5.41, 5.74) is -0.373. The van der Waals surface area contributed by atoms with Crippen LogP contribution >= 0.6 is 0 Å². The van der Waals surface area contributed by atoms with Gasteiger partial charge in [-0.1, -0.05) is 0 Å². The summed E-state index contributed by atoms with van der Waals surface area (Å²) in [6.45, 7) is 2.73. The van der Waals surface area contributed by atoms with Gasteiger partial charge in [-0.25, -0.2) is 4.79 Å². The predicted molar refractivity (Wildman–Crippen MR) is 100 cm³/mol. The van der Waals surface area contributed by atoms with Gasteiger partial charge in [0.15, 0.2) is 23.4 Å². The number of carbonyl (C=O) groups is 2. The zero-order valence-corrected chi connectivity index (χ0v) is 16.0. The number of phenols is 1. The average Bonchev–Trinajstić information content (AvgIpc) is 2.67. The molecule has 1 heterocycles. The van der Waals surface area contributed by atoms with E-state index >= 15 is 0 Å². The van der Waals surface area contributed by atoms with Crippen molar-refractivity contribution in [3.05, 3.63) is 33.2 Å². The molecular formula is C19H23NO8. The number of aryl methyl sites for hydroxylation is 1. The Balaban J connectivity index is 2.48. The van der Waals surface area contributed by atoms with E-state index in [1.165, 1.54) is 20.3 Å². The second kappa shape index (κ2) is 9.86. The molecule has 0 bridgehead atoms. The number of nitrogens with one attached hydrogen (secondary N) is 1. The molecule has 2 aromatic rings. The molecule has 0 radical (unpaired) electrons. The SMILES string of the molecule is COCCNC(=O)Cc1c(C)c2cc(OCCOC)c(O)c(C=O)c2oc1=O. The summed E-state index contributed by atoms with van der Waals surface area (Å²) in [5, 5.41) is 13.3. The molecule has 152 valence electrons. The molecule has 0 spiro atoms. The van der Waals surface area contributed by atoms with Gasteiger partial charge in [-0.15, -0.1) is 0 Å². The summed E-state index contributed by atoms with van der Waals surface area (Å²) >= 11 is 0. The standard InChI is InChI=1S/C19H23NO8/c1-11-12-8-15(27-7-6-26-3)17(23)14(10-21)18(12)28-19(24)13(11)9-16(22)20-4-5-25-2/h8,10,23H,4-7,9H2,1-3H3,(H,20,22). The van der Waals surface area contributed by atoms with Gasteiger partial charge >= 0.3 is 5.63 Å². The minimum atomic E-state index is -0.748. The van der Waals surface area contributed by atoms with Crippen LogP contribution in [0.3, 0.4) is 0 Å². The molecular weight excluding hydrogens is 370 g/mol. The van der Waals surface area contributed by atoms with Crippen molar-refractivity contribution in [2.75, 3.05) is 40.6 Å². The zero-order chi connectivity index (χ0) is 20.7. The molecule has 9 heteroatoms. The molecule has 0 fully saturated rings. The minimum absolute atomic E-state index is 0.0547. The van der Waals surface area contributed by atoms with Gasteiger partial charge < -0.3 is 29.1 Å². The van der Waals surface area contributed by atoms with Crippen LogP contribution in [0.4, 0.5) is 0 Å². The van der Waals surface area contributed by atoms with Gasteiger partial charge in [0, 0.05) is 26.2 Å². The fourth-order valence-corrected chi connectivity index (χ4v) is 2.68. The first-order valence-electron chi connectivity index (χ1n) is 8.59. The van der Waals surface area contributed by atoms with Crippen molar-refractivity contribution in [1.29, 1.82) is 0 Å². The van der Waals surface area contributed by atoms with Crippen LogP contribution in [0.15, 0.2) is 15.3 Å². The van der Waals surface area contributed by atoms with Crippen LogP contribution in [0.1, 0.15) is 21.5 Å². The molecule has 0 atom stereocenters. The molecule has 1 aromatic heterocycles. The monoisotopic (exact) mass is 393 g/mol. The van der Waals surface area contributed by atoms with Gasteiger partial charge in [-0.2, -0.15) is 0 Å². The maximum Gasteiger partial charge on any atom is 0.340 e. The maximum absolute atomic E-state index is 12.4. The van der Waals surface area contributed by atoms with E-state index in [9.17, 15) is 19.5 Å². The van der Waals surface area contributed by atoms with E-state index in [0.717, 1.165) is 0 Å². The molecule has 1 amide bonds. The van der Waals surface area contributed by atoms with Crippen molar-refractivity contribution in [2.24, 2.45) is 0 Å². The predicted octanol–water partition coefficient (Wildman–Crippen LogP) is 0.950. The van der Waals surface area contributed by atoms with Crippen LogP contribution < -0.4 is 15.7 Å². The van der Waals surface area contributed by atoms with Crippen molar-refractivity contribution in [3.63, 3.8) is 0 Å². The highest BCUT2D eigenvalue weighted by Gasteiger charge is 2.21. The third-order valence-corrected chi connectivity index (χ3v) is 4.18. The number of amides is 1. The topological polar surface area (TPSA) is 124 Å². The van der Waals surface area contributed by atoms with E-state index < -0.39 is 11.4 Å². The lowest BCUT2D eigenvalue weighted by Crippen LogP contribution is -2.30. The number of phenolic OH excluding ortho intramolecular Hbond substituents is 1. The highest BCUT2D eigenvalue weighted by molar-refractivity contribution is 6.00. The molecule has 28 heavy (non-hydrogen) atoms. The third-order valence-electron chi connectivity index (χ3n) is 4.18. The van der Waals surface area contributed by atoms with Gasteiger partial charge in [-0.3, -0.25) is 9.59 Å². The largest absolute Gasteiger partial charge is 0.504 e. The molecule has 9 nitrogen and oxygen atoms in total. The number of hydrogen-bond acceptors (Lipinski definition) is 8. The van der Waals surface area contributed by atoms with Gasteiger partial charge in [0.2, 0.25) is 5.91 Å². The Bertz CT molecular complexity index is 919. The lowest BCUT2D eigenvalue weighted by molar-refractivity contribution is -0.120. The molecule has 2 N–H and O–H groups in total. The first-order valence-corrected chi connectivity index (χ1v) is 8.59. The quantitative estimate of drug-likeness (QED) is 0.347. The van der Waals surface area contributed by atoms with Gasteiger partial charge in [0.05, 0.1) is 25.2 Å². The summed E-state index contributed by atoms with van der Waals surface area (Å²) in [5.74, 6) is -0.733. The molecule has 1 aromatic carbocycles. The molecule has 0 saturated heterocycles. The molecule has 2 rings (SSSR count). The van der Waals surface area contributed by atoms with E-state index in [2.05, 4.69) is 5.32 Å². The number of aldehydes is 1. The number of fused-ring (bicyclic) bond motifs is 1. The number of benzene rings is 1. The molecule has 0 unspecified atom stereocenters. The Kier molecular flexibility index (Phi) is 7.53. The van der Waals surface area contributed by atoms with E-state index in [0.29, 0.717) is 30.4 Å². The second-order valence-corrected chi connectivity index (χ2v) is 5.99. The summed E-state index contributed by atoms with van der Waals surface area (Å²) in [6, 6.07) is 1.47. The highest BCUT2D eigenvalue weighted by atomic mass is 16.5. The van der Waals surface area contributed by atoms with Crippen LogP contribution in [0.2, 0.25) is 0 Å². The van der Waals surface area contributed by atoms with Crippen LogP contribution in [0.25, 0.3) is 11.0 Å². The number of hydrogen-bond donors (Lipinski definition) is 2. The summed E-state index contributed by atoms with van der Waals surface area (Å²) in [7, 11) is 3.02. The third kappa shape index (κ3) is 4.68. The van der Waals surface area contributed by atoms with E-state index in [1.54, 1.807) is 6.92 Å². The maximum atomic E-state index is 12.4. The van der Waals surface area contributed by atoms with Crippen LogP contribution in [-0.4, -0.2) is 57.9 Å². The Morgan fingerprint density at radius 1 is 1.25 bits per heavy atom. The Morgan fingerprint density at radius 2 is 1.96 bits per heavy atom. The fourth-order valence-electron chi connectivity index (χ4n) is 2.68. The van der Waals surface area contributed by atoms with Crippen LogP contribution in [-0.2, 0) is 20.7 Å². The van der Waals surface area contributed by atoms with E-state index in [4.69, 9.17) is 18.6 Å². The van der Waals surface area contributed by atoms with Gasteiger partial charge in [0.1, 0.15) is 12.2 Å². The number of methoxy groups -OCH3 is 2. The number of ether oxygens (including phenoxy) is 3. The van der Waals surface area contributed by atoms with Crippen molar-refractivity contribution in [1.82, 2.24) is 5.32 Å². The van der Waals surface area contributed by atoms with Crippen molar-refractivity contribution in [3.8, 4) is 11.5 Å². The Hall–Kier alpha value is -2.91. The summed E-state index contributed by atoms with van der Waals surface area (Å²) in [6.07, 6.45) is 0.200. The van der Waals surface area contributed by atoms with Gasteiger partial charge in [0.25, 0.3) is 0 Å². The van der Waals surface area contributed by atoms with E-state index in [1.807, 2.05) is 0 Å². The van der Waals surface area contributed by atoms with Crippen molar-refractivity contribution in [2.45, 2.75) is 13.3 Å². The average molecular weight is 393 g/mol. The molecule has 0 aliphatic heterocycles. The van der Waals surface area contributed by atoms with Crippen molar-refractivity contribution >= 4 is 23.2 Å². The first kappa shape index (κ1) is 21.4. The van der Waals surface area contributed by atoms with Crippen LogP contribution in [0.5, 0.6) is 11.5 Å². The van der Waals surface area contributed by atoms with Crippen molar-refractivity contribution < 1.29 is 33.3 Å². The number of carbonyl (C=O) groups excluding carboxylic acids is 2. The lowest BCUT2D eigenvalue weighted by Gasteiger charge is -2.14. The molecule has 0 saturated carbocycles. The minimum Gasteiger partial charge on any atom is -0.504 e. The Labute approximate surface area is 161 Å². The fraction of sp³-hybridized carbons (Fsp3) is 0.421. The summed E-state index contributed by atoms with van der Waals surface area (Å²) < 4.78 is 20.5. The molecule has 0 aliphatic carbocycles. The normalized spacial score (nSPS) is 10.8. The highest BCUT2D eigenvalue weighted by Crippen LogP contribution is 2.37. The number of rotatable bonds is 10. The Morgan fingerprint density at radius 3 is 2.61 bits per heavy atom. The molecule has 0 aliphatic rings. The van der Waals surface area contributed by atoms with Gasteiger partial charge in [-0.05, 0) is 18.6 Å².